The van der Waals surface area contributed by atoms with Gasteiger partial charge >= 0.3 is 0 Å². The van der Waals surface area contributed by atoms with Gasteiger partial charge in [0.1, 0.15) is 0 Å². The van der Waals surface area contributed by atoms with Gasteiger partial charge in [0.25, 0.3) is 5.91 Å². The fourth-order valence-corrected chi connectivity index (χ4v) is 3.50. The summed E-state index contributed by atoms with van der Waals surface area (Å²) in [6.45, 7) is 2.02. The van der Waals surface area contributed by atoms with E-state index < -0.39 is 0 Å². The number of hydrogen-bond donors (Lipinski definition) is 2. The third-order valence-electron chi connectivity index (χ3n) is 3.68. The quantitative estimate of drug-likeness (QED) is 0.579. The topological polar surface area (TPSA) is 57.8 Å². The van der Waals surface area contributed by atoms with E-state index in [4.69, 9.17) is 0 Å². The lowest BCUT2D eigenvalue weighted by atomic mass is 10.2. The van der Waals surface area contributed by atoms with Crippen molar-refractivity contribution in [3.05, 3.63) is 59.8 Å². The summed E-state index contributed by atoms with van der Waals surface area (Å²) in [7, 11) is 0. The molecule has 2 aromatic carbocycles. The molecule has 2 heterocycles. The maximum atomic E-state index is 12.5. The van der Waals surface area contributed by atoms with Crippen molar-refractivity contribution in [3.63, 3.8) is 0 Å². The van der Waals surface area contributed by atoms with Crippen molar-refractivity contribution >= 4 is 43.5 Å². The van der Waals surface area contributed by atoms with Crippen LogP contribution in [0.15, 0.2) is 48.7 Å². The second-order valence-electron chi connectivity index (χ2n) is 5.14. The van der Waals surface area contributed by atoms with Crippen LogP contribution >= 0.6 is 11.3 Å². The predicted octanol–water partition coefficient (Wildman–Crippen LogP) is 4.34. The highest BCUT2D eigenvalue weighted by molar-refractivity contribution is 7.22. The highest BCUT2D eigenvalue weighted by Gasteiger charge is 2.14. The number of nitrogens with zero attached hydrogens (tertiary/aromatic N) is 1. The number of aromatic amines is 1. The van der Waals surface area contributed by atoms with Crippen molar-refractivity contribution in [3.8, 4) is 0 Å². The molecule has 1 amide bonds. The Morgan fingerprint density at radius 2 is 2.05 bits per heavy atom. The summed E-state index contributed by atoms with van der Waals surface area (Å²) in [6, 6.07) is 13.8. The van der Waals surface area contributed by atoms with Crippen LogP contribution in [0.2, 0.25) is 0 Å². The van der Waals surface area contributed by atoms with Crippen LogP contribution in [0.1, 0.15) is 15.9 Å². The van der Waals surface area contributed by atoms with Crippen LogP contribution in [0, 0.1) is 6.92 Å². The van der Waals surface area contributed by atoms with Gasteiger partial charge in [-0.25, -0.2) is 4.98 Å². The molecule has 4 nitrogen and oxygen atoms in total. The molecule has 0 radical (unpaired) electrons. The van der Waals surface area contributed by atoms with Crippen LogP contribution in [-0.4, -0.2) is 15.9 Å². The van der Waals surface area contributed by atoms with Crippen LogP contribution in [0.5, 0.6) is 0 Å². The first-order chi connectivity index (χ1) is 10.7. The van der Waals surface area contributed by atoms with Crippen LogP contribution in [0.25, 0.3) is 21.1 Å². The Morgan fingerprint density at radius 1 is 1.18 bits per heavy atom. The molecular weight excluding hydrogens is 294 g/mol. The summed E-state index contributed by atoms with van der Waals surface area (Å²) in [5, 5.41) is 4.44. The molecule has 4 rings (SSSR count). The number of hydrogen-bond acceptors (Lipinski definition) is 3. The SMILES string of the molecule is Cc1cccc2sc(NC(=O)c3c[nH]c4ccccc34)nc12. The highest BCUT2D eigenvalue weighted by Crippen LogP contribution is 2.28. The molecule has 0 unspecified atom stereocenters. The molecule has 0 aliphatic heterocycles. The van der Waals surface area contributed by atoms with Crippen molar-refractivity contribution in [1.29, 1.82) is 0 Å². The number of benzene rings is 2. The van der Waals surface area contributed by atoms with Gasteiger partial charge in [0, 0.05) is 17.1 Å². The number of aromatic nitrogens is 2. The second-order valence-corrected chi connectivity index (χ2v) is 6.17. The first kappa shape index (κ1) is 13.0. The van der Waals surface area contributed by atoms with Gasteiger partial charge in [0.15, 0.2) is 5.13 Å². The summed E-state index contributed by atoms with van der Waals surface area (Å²) >= 11 is 1.49. The molecule has 5 heteroatoms. The lowest BCUT2D eigenvalue weighted by Crippen LogP contribution is -2.10. The average molecular weight is 307 g/mol. The number of para-hydroxylation sites is 2. The van der Waals surface area contributed by atoms with E-state index in [1.807, 2.05) is 49.4 Å². The molecule has 108 valence electrons. The number of fused-ring (bicyclic) bond motifs is 2. The summed E-state index contributed by atoms with van der Waals surface area (Å²) in [6.07, 6.45) is 1.73. The number of carbonyl (C=O) groups excluding carboxylic acids is 1. The van der Waals surface area contributed by atoms with Crippen molar-refractivity contribution < 1.29 is 4.79 Å². The Hall–Kier alpha value is -2.66. The zero-order chi connectivity index (χ0) is 15.1. The Bertz CT molecular complexity index is 999. The van der Waals surface area contributed by atoms with Crippen molar-refractivity contribution in [2.45, 2.75) is 6.92 Å². The number of rotatable bonds is 2. The molecule has 0 aliphatic rings. The minimum Gasteiger partial charge on any atom is -0.360 e. The molecule has 22 heavy (non-hydrogen) atoms. The zero-order valence-electron chi connectivity index (χ0n) is 11.9. The molecule has 2 aromatic heterocycles. The number of carbonyl (C=O) groups is 1. The molecule has 0 saturated carbocycles. The summed E-state index contributed by atoms with van der Waals surface area (Å²) in [5.41, 5.74) is 3.64. The number of H-pyrrole nitrogens is 1. The van der Waals surface area contributed by atoms with E-state index in [1.54, 1.807) is 6.20 Å². The summed E-state index contributed by atoms with van der Waals surface area (Å²) < 4.78 is 1.08. The molecule has 0 bridgehead atoms. The van der Waals surface area contributed by atoms with Crippen molar-refractivity contribution in [2.75, 3.05) is 5.32 Å². The maximum absolute atomic E-state index is 12.5. The molecule has 0 saturated heterocycles. The second kappa shape index (κ2) is 4.96. The van der Waals surface area contributed by atoms with Crippen molar-refractivity contribution in [1.82, 2.24) is 9.97 Å². The van der Waals surface area contributed by atoms with Gasteiger partial charge in [0.2, 0.25) is 0 Å². The van der Waals surface area contributed by atoms with E-state index in [0.29, 0.717) is 10.7 Å². The maximum Gasteiger partial charge on any atom is 0.259 e. The predicted molar refractivity (Wildman–Crippen MR) is 90.6 cm³/mol. The van der Waals surface area contributed by atoms with Gasteiger partial charge in [0.05, 0.1) is 15.8 Å². The van der Waals surface area contributed by atoms with Gasteiger partial charge in [-0.15, -0.1) is 0 Å². The van der Waals surface area contributed by atoms with Crippen LogP contribution in [-0.2, 0) is 0 Å². The molecule has 0 atom stereocenters. The highest BCUT2D eigenvalue weighted by atomic mass is 32.1. The summed E-state index contributed by atoms with van der Waals surface area (Å²) in [4.78, 5) is 20.1. The third kappa shape index (κ3) is 2.07. The molecule has 0 fully saturated rings. The lowest BCUT2D eigenvalue weighted by Gasteiger charge is -1.99. The van der Waals surface area contributed by atoms with Gasteiger partial charge in [-0.3, -0.25) is 10.1 Å². The van der Waals surface area contributed by atoms with Gasteiger partial charge in [-0.05, 0) is 24.6 Å². The van der Waals surface area contributed by atoms with E-state index in [1.165, 1.54) is 11.3 Å². The van der Waals surface area contributed by atoms with Crippen molar-refractivity contribution in [2.24, 2.45) is 0 Å². The Morgan fingerprint density at radius 3 is 2.91 bits per heavy atom. The minimum atomic E-state index is -0.144. The molecular formula is C17H13N3OS. The number of aryl methyl sites for hydroxylation is 1. The first-order valence-electron chi connectivity index (χ1n) is 6.96. The smallest absolute Gasteiger partial charge is 0.259 e. The minimum absolute atomic E-state index is 0.144. The Balaban J connectivity index is 1.70. The third-order valence-corrected chi connectivity index (χ3v) is 4.61. The average Bonchev–Trinajstić information content (AvgIpc) is 3.11. The van der Waals surface area contributed by atoms with E-state index >= 15 is 0 Å². The molecule has 4 aromatic rings. The van der Waals surface area contributed by atoms with Gasteiger partial charge in [-0.1, -0.05) is 41.7 Å². The van der Waals surface area contributed by atoms with Crippen LogP contribution in [0.3, 0.4) is 0 Å². The molecule has 2 N–H and O–H groups in total. The number of thiazole rings is 1. The number of anilines is 1. The molecule has 0 aliphatic carbocycles. The van der Waals surface area contributed by atoms with E-state index in [2.05, 4.69) is 15.3 Å². The van der Waals surface area contributed by atoms with Crippen LogP contribution < -0.4 is 5.32 Å². The standard InChI is InChI=1S/C17H13N3OS/c1-10-5-4-8-14-15(10)19-17(22-14)20-16(21)12-9-18-13-7-3-2-6-11(12)13/h2-9,18H,1H3,(H,19,20,21). The summed E-state index contributed by atoms with van der Waals surface area (Å²) in [5.74, 6) is -0.144. The monoisotopic (exact) mass is 307 g/mol. The number of amides is 1. The van der Waals surface area contributed by atoms with E-state index in [9.17, 15) is 4.79 Å². The number of nitrogens with one attached hydrogen (secondary N) is 2. The molecule has 0 spiro atoms. The fourth-order valence-electron chi connectivity index (χ4n) is 2.56. The first-order valence-corrected chi connectivity index (χ1v) is 7.77. The van der Waals surface area contributed by atoms with Gasteiger partial charge in [-0.2, -0.15) is 0 Å². The largest absolute Gasteiger partial charge is 0.360 e. The van der Waals surface area contributed by atoms with E-state index in [0.717, 1.165) is 26.7 Å². The lowest BCUT2D eigenvalue weighted by molar-refractivity contribution is 0.102. The van der Waals surface area contributed by atoms with Gasteiger partial charge < -0.3 is 4.98 Å². The fraction of sp³-hybridized carbons (Fsp3) is 0.0588. The zero-order valence-corrected chi connectivity index (χ0v) is 12.7. The van der Waals surface area contributed by atoms with Crippen LogP contribution in [0.4, 0.5) is 5.13 Å². The Kier molecular flexibility index (Phi) is 2.94. The Labute approximate surface area is 130 Å². The normalized spacial score (nSPS) is 11.1. The van der Waals surface area contributed by atoms with E-state index in [-0.39, 0.29) is 5.91 Å².